The number of ether oxygens (including phenoxy) is 1. The zero-order valence-corrected chi connectivity index (χ0v) is 18.7. The maximum absolute atomic E-state index is 7.88. The summed E-state index contributed by atoms with van der Waals surface area (Å²) in [6.07, 6.45) is 7.24. The lowest BCUT2D eigenvalue weighted by atomic mass is 9.91. The second-order valence-electron chi connectivity index (χ2n) is 8.13. The highest BCUT2D eigenvalue weighted by Crippen LogP contribution is 2.24. The molecule has 1 N–H and O–H groups in total. The molecule has 0 rings (SSSR count). The Morgan fingerprint density at radius 1 is 0.833 bits per heavy atom. The molecular weight excluding hydrogens is 296 g/mol. The van der Waals surface area contributed by atoms with Crippen molar-refractivity contribution in [1.29, 1.82) is 0 Å². The zero-order chi connectivity index (χ0) is 19.6. The summed E-state index contributed by atoms with van der Waals surface area (Å²) < 4.78 is 6.02. The van der Waals surface area contributed by atoms with Gasteiger partial charge in [-0.05, 0) is 57.3 Å². The maximum atomic E-state index is 7.88. The van der Waals surface area contributed by atoms with Crippen LogP contribution in [0.4, 0.5) is 0 Å². The summed E-state index contributed by atoms with van der Waals surface area (Å²) in [7, 11) is 0. The Labute approximate surface area is 154 Å². The average molecular weight is 347 g/mol. The molecule has 2 nitrogen and oxygen atoms in total. The predicted octanol–water partition coefficient (Wildman–Crippen LogP) is 7.10. The van der Waals surface area contributed by atoms with Gasteiger partial charge in [-0.2, -0.15) is 0 Å². The van der Waals surface area contributed by atoms with Crippen molar-refractivity contribution in [2.24, 2.45) is 17.8 Å². The van der Waals surface area contributed by atoms with Crippen molar-refractivity contribution in [2.75, 3.05) is 13.2 Å². The SMILES string of the molecule is CC.CC(C)CCOC(C)(C)CCC(C)CCC(C)C.CCCO. The van der Waals surface area contributed by atoms with Gasteiger partial charge in [0.25, 0.3) is 0 Å². The summed E-state index contributed by atoms with van der Waals surface area (Å²) >= 11 is 0. The van der Waals surface area contributed by atoms with Crippen LogP contribution >= 0.6 is 0 Å². The van der Waals surface area contributed by atoms with E-state index in [0.717, 1.165) is 30.8 Å². The molecule has 0 bridgehead atoms. The highest BCUT2D eigenvalue weighted by Gasteiger charge is 2.19. The van der Waals surface area contributed by atoms with E-state index in [2.05, 4.69) is 48.5 Å². The molecule has 1 unspecified atom stereocenters. The van der Waals surface area contributed by atoms with Gasteiger partial charge in [0.2, 0.25) is 0 Å². The van der Waals surface area contributed by atoms with Crippen molar-refractivity contribution in [3.8, 4) is 0 Å². The number of aliphatic hydroxyl groups excluding tert-OH is 1. The molecule has 0 fully saturated rings. The molecule has 0 aliphatic carbocycles. The standard InChI is InChI=1S/C17H36O.C3H8O.C2H6/c1-14(2)8-9-16(5)10-12-17(6,7)18-13-11-15(3)4;1-2-3-4;1-2/h14-16H,8-13H2,1-7H3;4H,2-3H2,1H3;1-2H3. The third-order valence-electron chi connectivity index (χ3n) is 3.89. The fourth-order valence-corrected chi connectivity index (χ4v) is 2.00. The predicted molar refractivity (Wildman–Crippen MR) is 111 cm³/mol. The highest BCUT2D eigenvalue weighted by atomic mass is 16.5. The van der Waals surface area contributed by atoms with Gasteiger partial charge in [0.15, 0.2) is 0 Å². The van der Waals surface area contributed by atoms with Crippen LogP contribution in [-0.2, 0) is 4.74 Å². The van der Waals surface area contributed by atoms with E-state index in [1.807, 2.05) is 20.8 Å². The summed E-state index contributed by atoms with van der Waals surface area (Å²) in [4.78, 5) is 0. The smallest absolute Gasteiger partial charge is 0.0626 e. The Balaban J connectivity index is -0.000000636. The molecule has 2 heteroatoms. The minimum atomic E-state index is 0.0565. The van der Waals surface area contributed by atoms with Crippen LogP contribution in [-0.4, -0.2) is 23.9 Å². The van der Waals surface area contributed by atoms with Gasteiger partial charge in [-0.15, -0.1) is 0 Å². The van der Waals surface area contributed by atoms with Crippen LogP contribution in [0.2, 0.25) is 0 Å². The number of rotatable bonds is 11. The van der Waals surface area contributed by atoms with Gasteiger partial charge in [-0.3, -0.25) is 0 Å². The zero-order valence-electron chi connectivity index (χ0n) is 18.7. The number of hydrogen-bond acceptors (Lipinski definition) is 2. The lowest BCUT2D eigenvalue weighted by molar-refractivity contribution is -0.0313. The molecule has 0 aromatic carbocycles. The third-order valence-corrected chi connectivity index (χ3v) is 3.89. The van der Waals surface area contributed by atoms with Crippen LogP contribution in [0.3, 0.4) is 0 Å². The van der Waals surface area contributed by atoms with E-state index in [1.54, 1.807) is 0 Å². The monoisotopic (exact) mass is 346 g/mol. The molecule has 0 aromatic heterocycles. The Bertz CT molecular complexity index is 220. The summed E-state index contributed by atoms with van der Waals surface area (Å²) in [6, 6.07) is 0. The van der Waals surface area contributed by atoms with Crippen molar-refractivity contribution >= 4 is 0 Å². The first kappa shape index (κ1) is 28.7. The van der Waals surface area contributed by atoms with Crippen LogP contribution in [0.25, 0.3) is 0 Å². The molecule has 0 aliphatic rings. The number of hydrogen-bond donors (Lipinski definition) is 1. The van der Waals surface area contributed by atoms with E-state index in [0.29, 0.717) is 6.61 Å². The van der Waals surface area contributed by atoms with Gasteiger partial charge in [0.05, 0.1) is 5.60 Å². The lowest BCUT2D eigenvalue weighted by Crippen LogP contribution is -2.26. The van der Waals surface area contributed by atoms with Crippen molar-refractivity contribution in [1.82, 2.24) is 0 Å². The fraction of sp³-hybridized carbons (Fsp3) is 1.00. The quantitative estimate of drug-likeness (QED) is 0.432. The molecule has 0 heterocycles. The minimum Gasteiger partial charge on any atom is -0.396 e. The van der Waals surface area contributed by atoms with Crippen molar-refractivity contribution in [3.63, 3.8) is 0 Å². The van der Waals surface area contributed by atoms with E-state index in [9.17, 15) is 0 Å². The summed E-state index contributed by atoms with van der Waals surface area (Å²) in [5.41, 5.74) is 0.0565. The summed E-state index contributed by atoms with van der Waals surface area (Å²) in [6.45, 7) is 23.1. The second kappa shape index (κ2) is 19.2. The first-order chi connectivity index (χ1) is 11.1. The first-order valence-electron chi connectivity index (χ1n) is 10.4. The normalized spacial score (nSPS) is 12.4. The van der Waals surface area contributed by atoms with Gasteiger partial charge in [0, 0.05) is 13.2 Å². The largest absolute Gasteiger partial charge is 0.396 e. The van der Waals surface area contributed by atoms with Crippen LogP contribution < -0.4 is 0 Å². The summed E-state index contributed by atoms with van der Waals surface area (Å²) in [5.74, 6) is 2.41. The minimum absolute atomic E-state index is 0.0565. The van der Waals surface area contributed by atoms with Gasteiger partial charge in [-0.1, -0.05) is 68.2 Å². The van der Waals surface area contributed by atoms with Crippen molar-refractivity contribution in [2.45, 2.75) is 113 Å². The Hall–Kier alpha value is -0.0800. The first-order valence-corrected chi connectivity index (χ1v) is 10.4. The van der Waals surface area contributed by atoms with Crippen molar-refractivity contribution in [3.05, 3.63) is 0 Å². The van der Waals surface area contributed by atoms with Gasteiger partial charge in [-0.25, -0.2) is 0 Å². The van der Waals surface area contributed by atoms with Crippen LogP contribution in [0.1, 0.15) is 108 Å². The van der Waals surface area contributed by atoms with Crippen LogP contribution in [0.15, 0.2) is 0 Å². The Kier molecular flexibility index (Phi) is 23.0. The second-order valence-corrected chi connectivity index (χ2v) is 8.13. The van der Waals surface area contributed by atoms with Gasteiger partial charge >= 0.3 is 0 Å². The fourth-order valence-electron chi connectivity index (χ4n) is 2.00. The van der Waals surface area contributed by atoms with E-state index < -0.39 is 0 Å². The molecule has 0 saturated carbocycles. The molecule has 0 spiro atoms. The van der Waals surface area contributed by atoms with E-state index in [-0.39, 0.29) is 5.60 Å². The van der Waals surface area contributed by atoms with E-state index in [1.165, 1.54) is 32.1 Å². The lowest BCUT2D eigenvalue weighted by Gasteiger charge is -2.27. The Morgan fingerprint density at radius 3 is 1.67 bits per heavy atom. The molecule has 0 amide bonds. The third kappa shape index (κ3) is 26.8. The van der Waals surface area contributed by atoms with Crippen molar-refractivity contribution < 1.29 is 9.84 Å². The summed E-state index contributed by atoms with van der Waals surface area (Å²) in [5, 5.41) is 7.88. The highest BCUT2D eigenvalue weighted by molar-refractivity contribution is 4.70. The molecule has 1 atom stereocenters. The topological polar surface area (TPSA) is 29.5 Å². The molecule has 0 radical (unpaired) electrons. The molecule has 150 valence electrons. The van der Waals surface area contributed by atoms with Gasteiger partial charge in [0.1, 0.15) is 0 Å². The maximum Gasteiger partial charge on any atom is 0.0626 e. The van der Waals surface area contributed by atoms with E-state index in [4.69, 9.17) is 9.84 Å². The van der Waals surface area contributed by atoms with Crippen LogP contribution in [0.5, 0.6) is 0 Å². The van der Waals surface area contributed by atoms with Gasteiger partial charge < -0.3 is 9.84 Å². The average Bonchev–Trinajstić information content (AvgIpc) is 2.52. The molecule has 24 heavy (non-hydrogen) atoms. The van der Waals surface area contributed by atoms with Crippen LogP contribution in [0, 0.1) is 17.8 Å². The molecular formula is C22H50O2. The Morgan fingerprint density at radius 2 is 1.29 bits per heavy atom. The molecule has 0 aromatic rings. The van der Waals surface area contributed by atoms with E-state index >= 15 is 0 Å². The molecule has 0 aliphatic heterocycles. The molecule has 0 saturated heterocycles. The number of aliphatic hydroxyl groups is 1.